The van der Waals surface area contributed by atoms with Gasteiger partial charge >= 0.3 is 0 Å². The topological polar surface area (TPSA) is 67.5 Å². The molecule has 0 fully saturated rings. The first-order valence-electron chi connectivity index (χ1n) is 2.64. The Bertz CT molecular complexity index is 57.2. The van der Waals surface area contributed by atoms with Crippen molar-refractivity contribution in [2.75, 3.05) is 13.1 Å². The summed E-state index contributed by atoms with van der Waals surface area (Å²) in [7, 11) is 0. The highest BCUT2D eigenvalue weighted by Gasteiger charge is 1.83. The van der Waals surface area contributed by atoms with Crippen molar-refractivity contribution in [2.45, 2.75) is 12.8 Å². The van der Waals surface area contributed by atoms with E-state index in [1.807, 2.05) is 0 Å². The molecule has 0 heterocycles. The van der Waals surface area contributed by atoms with Gasteiger partial charge in [-0.2, -0.15) is 4.91 Å². The summed E-state index contributed by atoms with van der Waals surface area (Å²) < 4.78 is 0. The van der Waals surface area contributed by atoms with Gasteiger partial charge in [-0.15, -0.1) is 0 Å². The number of unbranched alkanes of at least 4 members (excludes halogenated alkanes) is 1. The zero-order valence-corrected chi connectivity index (χ0v) is 4.76. The van der Waals surface area contributed by atoms with E-state index in [1.54, 1.807) is 0 Å². The zero-order chi connectivity index (χ0) is 6.24. The summed E-state index contributed by atoms with van der Waals surface area (Å²) in [5.41, 5.74) is 2.48. The molecule has 0 atom stereocenters. The van der Waals surface area contributed by atoms with Crippen molar-refractivity contribution in [3.8, 4) is 0 Å². The smallest absolute Gasteiger partial charge is 0.0811 e. The lowest BCUT2D eigenvalue weighted by atomic mass is 10.3. The second-order valence-electron chi connectivity index (χ2n) is 1.51. The van der Waals surface area contributed by atoms with Gasteiger partial charge in [-0.1, -0.05) is 5.18 Å². The minimum absolute atomic E-state index is 0.404. The van der Waals surface area contributed by atoms with Crippen LogP contribution in [0.5, 0.6) is 0 Å². The van der Waals surface area contributed by atoms with E-state index in [4.69, 9.17) is 5.84 Å². The van der Waals surface area contributed by atoms with E-state index in [9.17, 15) is 4.91 Å². The Morgan fingerprint density at radius 3 is 2.75 bits per heavy atom. The van der Waals surface area contributed by atoms with E-state index in [0.717, 1.165) is 19.4 Å². The van der Waals surface area contributed by atoms with Gasteiger partial charge in [-0.05, 0) is 12.8 Å². The van der Waals surface area contributed by atoms with E-state index in [0.29, 0.717) is 6.54 Å². The summed E-state index contributed by atoms with van der Waals surface area (Å²) in [6, 6.07) is 0. The maximum atomic E-state index is 9.47. The Balaban J connectivity index is 2.62. The molecule has 4 nitrogen and oxygen atoms in total. The van der Waals surface area contributed by atoms with Crippen LogP contribution in [0.2, 0.25) is 0 Å². The molecule has 0 radical (unpaired) electrons. The van der Waals surface area contributed by atoms with Crippen molar-refractivity contribution >= 4 is 0 Å². The first kappa shape index (κ1) is 7.52. The molecular formula is C4H11N3O. The highest BCUT2D eigenvalue weighted by molar-refractivity contribution is 4.44. The molecule has 0 aliphatic carbocycles. The molecule has 0 aromatic heterocycles. The Morgan fingerprint density at radius 2 is 2.25 bits per heavy atom. The molecule has 0 aromatic carbocycles. The quantitative estimate of drug-likeness (QED) is 0.230. The van der Waals surface area contributed by atoms with Crippen LogP contribution in [0, 0.1) is 4.91 Å². The van der Waals surface area contributed by atoms with E-state index < -0.39 is 0 Å². The molecule has 0 aliphatic rings. The van der Waals surface area contributed by atoms with Crippen LogP contribution < -0.4 is 11.3 Å². The number of rotatable bonds is 5. The molecule has 0 unspecified atom stereocenters. The van der Waals surface area contributed by atoms with Crippen LogP contribution in [0.25, 0.3) is 0 Å². The van der Waals surface area contributed by atoms with Crippen LogP contribution in [0.4, 0.5) is 0 Å². The van der Waals surface area contributed by atoms with Crippen LogP contribution in [-0.2, 0) is 0 Å². The van der Waals surface area contributed by atoms with Crippen LogP contribution in [0.1, 0.15) is 12.8 Å². The Morgan fingerprint density at radius 1 is 1.50 bits per heavy atom. The third kappa shape index (κ3) is 5.52. The highest BCUT2D eigenvalue weighted by Crippen LogP contribution is 1.84. The van der Waals surface area contributed by atoms with Crippen LogP contribution in [0.15, 0.2) is 5.18 Å². The number of nitroso groups, excluding NO2 is 1. The number of nitrogens with zero attached hydrogens (tertiary/aromatic N) is 1. The lowest BCUT2D eigenvalue weighted by Gasteiger charge is -1.92. The standard InChI is InChI=1S/C4H11N3O/c5-6-3-1-2-4-7-8/h6H,1-5H2. The predicted octanol–water partition coefficient (Wildman–Crippen LogP) is -0.00370. The molecule has 48 valence electrons. The molecule has 0 spiro atoms. The van der Waals surface area contributed by atoms with Crippen LogP contribution >= 0.6 is 0 Å². The predicted molar refractivity (Wildman–Crippen MR) is 32.1 cm³/mol. The number of hydrogen-bond acceptors (Lipinski definition) is 4. The maximum Gasteiger partial charge on any atom is 0.0811 e. The molecule has 3 N–H and O–H groups in total. The molecule has 0 bridgehead atoms. The number of nitrogens with one attached hydrogen (secondary N) is 1. The van der Waals surface area contributed by atoms with Gasteiger partial charge in [0.1, 0.15) is 0 Å². The second-order valence-corrected chi connectivity index (χ2v) is 1.51. The zero-order valence-electron chi connectivity index (χ0n) is 4.76. The summed E-state index contributed by atoms with van der Waals surface area (Å²) in [5, 5.41) is 2.69. The van der Waals surface area contributed by atoms with E-state index in [-0.39, 0.29) is 0 Å². The van der Waals surface area contributed by atoms with Gasteiger partial charge in [0.05, 0.1) is 6.54 Å². The van der Waals surface area contributed by atoms with Crippen molar-refractivity contribution < 1.29 is 0 Å². The molecule has 0 saturated carbocycles. The average molecular weight is 117 g/mol. The van der Waals surface area contributed by atoms with Crippen molar-refractivity contribution in [1.29, 1.82) is 0 Å². The fourth-order valence-corrected chi connectivity index (χ4v) is 0.403. The van der Waals surface area contributed by atoms with E-state index >= 15 is 0 Å². The van der Waals surface area contributed by atoms with Gasteiger partial charge < -0.3 is 0 Å². The van der Waals surface area contributed by atoms with Gasteiger partial charge in [-0.3, -0.25) is 11.3 Å². The minimum atomic E-state index is 0.404. The largest absolute Gasteiger partial charge is 0.271 e. The average Bonchev–Trinajstić information content (AvgIpc) is 1.81. The molecule has 0 saturated heterocycles. The molecule has 0 aromatic rings. The normalized spacial score (nSPS) is 9.12. The highest BCUT2D eigenvalue weighted by atomic mass is 16.3. The van der Waals surface area contributed by atoms with Crippen molar-refractivity contribution in [1.82, 2.24) is 5.43 Å². The van der Waals surface area contributed by atoms with E-state index in [1.165, 1.54) is 0 Å². The molecule has 0 rings (SSSR count). The first-order valence-corrected chi connectivity index (χ1v) is 2.64. The Labute approximate surface area is 48.4 Å². The third-order valence-electron chi connectivity index (χ3n) is 0.821. The lowest BCUT2D eigenvalue weighted by molar-refractivity contribution is 0.650. The SMILES string of the molecule is NNCCCCN=O. The first-order chi connectivity index (χ1) is 3.91. The van der Waals surface area contributed by atoms with Gasteiger partial charge in [-0.25, -0.2) is 0 Å². The summed E-state index contributed by atoms with van der Waals surface area (Å²) >= 11 is 0. The second kappa shape index (κ2) is 6.52. The Hall–Kier alpha value is -0.480. The molecule has 4 heteroatoms. The monoisotopic (exact) mass is 117 g/mol. The van der Waals surface area contributed by atoms with Gasteiger partial charge in [0.2, 0.25) is 0 Å². The third-order valence-corrected chi connectivity index (χ3v) is 0.821. The summed E-state index contributed by atoms with van der Waals surface area (Å²) in [6.07, 6.45) is 1.75. The molecule has 0 aliphatic heterocycles. The van der Waals surface area contributed by atoms with Crippen LogP contribution in [0.3, 0.4) is 0 Å². The number of hydrogen-bond donors (Lipinski definition) is 2. The van der Waals surface area contributed by atoms with Crippen molar-refractivity contribution in [2.24, 2.45) is 11.0 Å². The number of nitrogens with two attached hydrogens (primary N) is 1. The van der Waals surface area contributed by atoms with Gasteiger partial charge in [0.25, 0.3) is 0 Å². The van der Waals surface area contributed by atoms with Crippen molar-refractivity contribution in [3.05, 3.63) is 4.91 Å². The van der Waals surface area contributed by atoms with E-state index in [2.05, 4.69) is 10.6 Å². The summed E-state index contributed by atoms with van der Waals surface area (Å²) in [4.78, 5) is 9.47. The Kier molecular flexibility index (Phi) is 6.13. The van der Waals surface area contributed by atoms with Gasteiger partial charge in [0.15, 0.2) is 0 Å². The number of hydrazine groups is 1. The van der Waals surface area contributed by atoms with Gasteiger partial charge in [0, 0.05) is 6.54 Å². The summed E-state index contributed by atoms with van der Waals surface area (Å²) in [6.45, 7) is 1.16. The fraction of sp³-hybridized carbons (Fsp3) is 1.00. The molecule has 0 amide bonds. The molecular weight excluding hydrogens is 106 g/mol. The van der Waals surface area contributed by atoms with Crippen molar-refractivity contribution in [3.63, 3.8) is 0 Å². The fourth-order valence-electron chi connectivity index (χ4n) is 0.403. The lowest BCUT2D eigenvalue weighted by Crippen LogP contribution is -2.22. The molecule has 8 heavy (non-hydrogen) atoms. The van der Waals surface area contributed by atoms with Crippen LogP contribution in [-0.4, -0.2) is 13.1 Å². The maximum absolute atomic E-state index is 9.47. The minimum Gasteiger partial charge on any atom is -0.271 e. The summed E-state index contributed by atoms with van der Waals surface area (Å²) in [5.74, 6) is 4.95.